The summed E-state index contributed by atoms with van der Waals surface area (Å²) >= 11 is 0. The molecule has 1 aliphatic rings. The largest absolute Gasteiger partial charge is 0.416 e. The number of rotatable bonds is 8. The molecule has 1 heterocycles. The molecule has 0 spiro atoms. The van der Waals surface area contributed by atoms with Crippen LogP contribution in [0.1, 0.15) is 37.9 Å². The van der Waals surface area contributed by atoms with E-state index in [1.54, 1.807) is 0 Å². The molecule has 2 unspecified atom stereocenters. The summed E-state index contributed by atoms with van der Waals surface area (Å²) in [6, 6.07) is 5.09. The van der Waals surface area contributed by atoms with E-state index in [9.17, 15) is 18.0 Å². The van der Waals surface area contributed by atoms with Crippen molar-refractivity contribution in [2.75, 3.05) is 32.7 Å². The highest BCUT2D eigenvalue weighted by Gasteiger charge is 2.31. The number of alkyl halides is 3. The molecule has 0 saturated carbocycles. The number of carbonyl (C=O) groups excluding carboxylic acids is 1. The third-order valence-corrected chi connectivity index (χ3v) is 5.28. The Bertz CT molecular complexity index is 591. The van der Waals surface area contributed by atoms with E-state index in [1.165, 1.54) is 12.1 Å². The number of benzene rings is 1. The quantitative estimate of drug-likeness (QED) is 0.640. The molecule has 1 aromatic carbocycles. The van der Waals surface area contributed by atoms with Crippen molar-refractivity contribution in [1.29, 1.82) is 0 Å². The highest BCUT2D eigenvalue weighted by Crippen LogP contribution is 2.30. The van der Waals surface area contributed by atoms with E-state index in [-0.39, 0.29) is 42.7 Å². The number of likely N-dealkylation sites (N-methyl/N-ethyl adjacent to an activating group) is 1. The molecule has 0 aliphatic carbocycles. The van der Waals surface area contributed by atoms with Gasteiger partial charge in [-0.2, -0.15) is 13.2 Å². The maximum Gasteiger partial charge on any atom is 0.416 e. The molecule has 4 nitrogen and oxygen atoms in total. The van der Waals surface area contributed by atoms with Gasteiger partial charge in [0.1, 0.15) is 0 Å². The Labute approximate surface area is 177 Å². The number of hydrogen-bond donors (Lipinski definition) is 2. The summed E-state index contributed by atoms with van der Waals surface area (Å²) in [4.78, 5) is 14.5. The summed E-state index contributed by atoms with van der Waals surface area (Å²) in [6.45, 7) is 9.53. The van der Waals surface area contributed by atoms with Gasteiger partial charge in [-0.05, 0) is 49.8 Å². The monoisotopic (exact) mass is 443 g/mol. The van der Waals surface area contributed by atoms with Crippen LogP contribution in [0, 0.1) is 11.8 Å². The second-order valence-electron chi connectivity index (χ2n) is 6.81. The maximum absolute atomic E-state index is 12.8. The molecule has 0 bridgehead atoms. The lowest BCUT2D eigenvalue weighted by molar-refractivity contribution is -0.137. The zero-order chi connectivity index (χ0) is 19.3. The van der Waals surface area contributed by atoms with Gasteiger partial charge in [-0.15, -0.1) is 24.8 Å². The van der Waals surface area contributed by atoms with Crippen LogP contribution in [0.5, 0.6) is 0 Å². The van der Waals surface area contributed by atoms with Crippen molar-refractivity contribution in [1.82, 2.24) is 15.5 Å². The van der Waals surface area contributed by atoms with E-state index >= 15 is 0 Å². The van der Waals surface area contributed by atoms with Crippen molar-refractivity contribution in [3.05, 3.63) is 35.4 Å². The molecule has 2 atom stereocenters. The first-order valence-electron chi connectivity index (χ1n) is 9.17. The molecule has 2 N–H and O–H groups in total. The zero-order valence-electron chi connectivity index (χ0n) is 16.4. The van der Waals surface area contributed by atoms with Crippen LogP contribution in [0.25, 0.3) is 0 Å². The molecule has 0 aromatic heterocycles. The summed E-state index contributed by atoms with van der Waals surface area (Å²) in [5, 5.41) is 6.15. The third kappa shape index (κ3) is 6.79. The fourth-order valence-electron chi connectivity index (χ4n) is 3.25. The van der Waals surface area contributed by atoms with Gasteiger partial charge in [0.15, 0.2) is 0 Å². The summed E-state index contributed by atoms with van der Waals surface area (Å²) in [5.74, 6) is 0.287. The lowest BCUT2D eigenvalue weighted by Gasteiger charge is -2.34. The Morgan fingerprint density at radius 3 is 2.11 bits per heavy atom. The fraction of sp³-hybridized carbons (Fsp3) is 0.632. The molecular weight excluding hydrogens is 414 g/mol. The van der Waals surface area contributed by atoms with E-state index in [1.807, 2.05) is 20.8 Å². The average Bonchev–Trinajstić information content (AvgIpc) is 2.56. The second-order valence-corrected chi connectivity index (χ2v) is 6.81. The van der Waals surface area contributed by atoms with Gasteiger partial charge in [0.05, 0.1) is 11.6 Å². The molecule has 28 heavy (non-hydrogen) atoms. The summed E-state index contributed by atoms with van der Waals surface area (Å²) in [5.41, 5.74) is 0.120. The van der Waals surface area contributed by atoms with Crippen LogP contribution in [-0.4, -0.2) is 43.5 Å². The van der Waals surface area contributed by atoms with Gasteiger partial charge >= 0.3 is 6.18 Å². The first-order valence-corrected chi connectivity index (χ1v) is 9.17. The SMILES string of the molecule is CCN(CC)C(CNC(=O)C(C)C1CNC1)c1ccc(C(F)(F)F)cc1.Cl.Cl. The van der Waals surface area contributed by atoms with E-state index in [4.69, 9.17) is 0 Å². The van der Waals surface area contributed by atoms with Crippen LogP contribution in [0.4, 0.5) is 13.2 Å². The Kier molecular flexibility index (Phi) is 11.4. The normalized spacial score (nSPS) is 16.4. The van der Waals surface area contributed by atoms with Gasteiger partial charge in [-0.25, -0.2) is 0 Å². The Balaban J connectivity index is 0.00000364. The Morgan fingerprint density at radius 2 is 1.71 bits per heavy atom. The number of nitrogens with one attached hydrogen (secondary N) is 2. The molecule has 1 saturated heterocycles. The molecule has 162 valence electrons. The highest BCUT2D eigenvalue weighted by molar-refractivity contribution is 5.85. The van der Waals surface area contributed by atoms with Crippen molar-refractivity contribution < 1.29 is 18.0 Å². The minimum Gasteiger partial charge on any atom is -0.354 e. The predicted octanol–water partition coefficient (Wildman–Crippen LogP) is 3.90. The van der Waals surface area contributed by atoms with Crippen molar-refractivity contribution in [3.8, 4) is 0 Å². The van der Waals surface area contributed by atoms with Crippen molar-refractivity contribution in [2.45, 2.75) is 33.0 Å². The summed E-state index contributed by atoms with van der Waals surface area (Å²) in [7, 11) is 0. The number of halogens is 5. The first kappa shape index (κ1) is 27.0. The third-order valence-electron chi connectivity index (χ3n) is 5.28. The predicted molar refractivity (Wildman–Crippen MR) is 110 cm³/mol. The van der Waals surface area contributed by atoms with Crippen molar-refractivity contribution >= 4 is 30.7 Å². The molecule has 9 heteroatoms. The molecule has 1 aromatic rings. The standard InChI is InChI=1S/C19H28F3N3O.2ClH/c1-4-25(5-2)17(12-24-18(26)13(3)15-10-23-11-15)14-6-8-16(9-7-14)19(20,21)22;;/h6-9,13,15,17,23H,4-5,10-12H2,1-3H3,(H,24,26);2*1H. The second kappa shape index (κ2) is 11.9. The topological polar surface area (TPSA) is 44.4 Å². The van der Waals surface area contributed by atoms with Crippen LogP contribution in [0.15, 0.2) is 24.3 Å². The lowest BCUT2D eigenvalue weighted by atomic mass is 9.88. The van der Waals surface area contributed by atoms with Crippen LogP contribution >= 0.6 is 24.8 Å². The molecular formula is C19H30Cl2F3N3O. The van der Waals surface area contributed by atoms with Crippen LogP contribution in [0.2, 0.25) is 0 Å². The number of carbonyl (C=O) groups is 1. The smallest absolute Gasteiger partial charge is 0.354 e. The molecule has 1 amide bonds. The maximum atomic E-state index is 12.8. The minimum absolute atomic E-state index is 0. The molecule has 0 radical (unpaired) electrons. The minimum atomic E-state index is -4.34. The van der Waals surface area contributed by atoms with E-state index < -0.39 is 11.7 Å². The zero-order valence-corrected chi connectivity index (χ0v) is 18.0. The summed E-state index contributed by atoms with van der Waals surface area (Å²) in [6.07, 6.45) is -4.34. The van der Waals surface area contributed by atoms with Crippen LogP contribution in [0.3, 0.4) is 0 Å². The van der Waals surface area contributed by atoms with E-state index in [0.717, 1.165) is 43.9 Å². The van der Waals surface area contributed by atoms with Gasteiger partial charge in [-0.3, -0.25) is 9.69 Å². The lowest BCUT2D eigenvalue weighted by Crippen LogP contribution is -2.50. The molecule has 1 fully saturated rings. The van der Waals surface area contributed by atoms with E-state index in [0.29, 0.717) is 12.5 Å². The van der Waals surface area contributed by atoms with Gasteiger partial charge in [-0.1, -0.05) is 32.9 Å². The van der Waals surface area contributed by atoms with Crippen LogP contribution in [-0.2, 0) is 11.0 Å². The number of hydrogen-bond acceptors (Lipinski definition) is 3. The highest BCUT2D eigenvalue weighted by atomic mass is 35.5. The van der Waals surface area contributed by atoms with E-state index in [2.05, 4.69) is 15.5 Å². The average molecular weight is 444 g/mol. The first-order chi connectivity index (χ1) is 12.3. The Morgan fingerprint density at radius 1 is 1.18 bits per heavy atom. The van der Waals surface area contributed by atoms with Gasteiger partial charge < -0.3 is 10.6 Å². The van der Waals surface area contributed by atoms with Gasteiger partial charge in [0, 0.05) is 12.5 Å². The molecule has 2 rings (SSSR count). The van der Waals surface area contributed by atoms with Crippen molar-refractivity contribution in [3.63, 3.8) is 0 Å². The van der Waals surface area contributed by atoms with Crippen molar-refractivity contribution in [2.24, 2.45) is 11.8 Å². The fourth-order valence-corrected chi connectivity index (χ4v) is 3.25. The number of nitrogens with zero attached hydrogens (tertiary/aromatic N) is 1. The Hall–Kier alpha value is -1.02. The summed E-state index contributed by atoms with van der Waals surface area (Å²) < 4.78 is 38.4. The molecule has 1 aliphatic heterocycles. The number of amides is 1. The van der Waals surface area contributed by atoms with Crippen LogP contribution < -0.4 is 10.6 Å². The van der Waals surface area contributed by atoms with Gasteiger partial charge in [0.25, 0.3) is 0 Å². The van der Waals surface area contributed by atoms with Gasteiger partial charge in [0.2, 0.25) is 5.91 Å².